The number of benzene rings is 2. The van der Waals surface area contributed by atoms with Crippen LogP contribution < -0.4 is 15.5 Å². The van der Waals surface area contributed by atoms with Gasteiger partial charge >= 0.3 is 0 Å². The van der Waals surface area contributed by atoms with Gasteiger partial charge in [-0.3, -0.25) is 0 Å². The van der Waals surface area contributed by atoms with E-state index in [1.54, 1.807) is 0 Å². The standard InChI is InChI=1S/C21H26F2N4O/c1-2-24-21(26-15-17-13-18(22)5-8-20(17)23)25-14-16-3-6-19(7-4-16)27-9-11-28-12-10-27/h3-8,13H,2,9-12,14-15H2,1H3,(H2,24,25,26). The largest absolute Gasteiger partial charge is 0.378 e. The summed E-state index contributed by atoms with van der Waals surface area (Å²) in [7, 11) is 0. The minimum absolute atomic E-state index is 0.158. The van der Waals surface area contributed by atoms with Crippen LogP contribution >= 0.6 is 0 Å². The molecule has 1 heterocycles. The van der Waals surface area contributed by atoms with Crippen LogP contribution in [0.1, 0.15) is 18.1 Å². The summed E-state index contributed by atoms with van der Waals surface area (Å²) >= 11 is 0. The van der Waals surface area contributed by atoms with E-state index in [-0.39, 0.29) is 12.1 Å². The van der Waals surface area contributed by atoms with E-state index >= 15 is 0 Å². The molecule has 1 aliphatic heterocycles. The van der Waals surface area contributed by atoms with Crippen molar-refractivity contribution in [2.24, 2.45) is 4.99 Å². The Hall–Kier alpha value is -2.67. The number of rotatable bonds is 6. The molecule has 1 fully saturated rings. The maximum atomic E-state index is 13.8. The fourth-order valence-corrected chi connectivity index (χ4v) is 3.00. The maximum absolute atomic E-state index is 13.8. The Labute approximate surface area is 164 Å². The zero-order valence-corrected chi connectivity index (χ0v) is 16.0. The Morgan fingerprint density at radius 3 is 2.54 bits per heavy atom. The molecule has 0 bridgehead atoms. The summed E-state index contributed by atoms with van der Waals surface area (Å²) in [6, 6.07) is 11.7. The van der Waals surface area contributed by atoms with E-state index in [0.717, 1.165) is 44.0 Å². The van der Waals surface area contributed by atoms with Gasteiger partial charge in [-0.1, -0.05) is 12.1 Å². The van der Waals surface area contributed by atoms with E-state index in [2.05, 4.69) is 44.8 Å². The van der Waals surface area contributed by atoms with Gasteiger partial charge in [0.1, 0.15) is 11.6 Å². The van der Waals surface area contributed by atoms with Crippen molar-refractivity contribution in [1.29, 1.82) is 0 Å². The van der Waals surface area contributed by atoms with Crippen LogP contribution in [-0.2, 0) is 17.8 Å². The number of nitrogens with zero attached hydrogens (tertiary/aromatic N) is 2. The van der Waals surface area contributed by atoms with Crippen molar-refractivity contribution in [2.75, 3.05) is 37.7 Å². The molecule has 0 aliphatic carbocycles. The quantitative estimate of drug-likeness (QED) is 0.590. The van der Waals surface area contributed by atoms with E-state index in [1.807, 2.05) is 6.92 Å². The van der Waals surface area contributed by atoms with Crippen LogP contribution in [0.4, 0.5) is 14.5 Å². The topological polar surface area (TPSA) is 48.9 Å². The number of ether oxygens (including phenoxy) is 1. The van der Waals surface area contributed by atoms with E-state index in [9.17, 15) is 8.78 Å². The molecule has 150 valence electrons. The maximum Gasteiger partial charge on any atom is 0.191 e. The third-order valence-electron chi connectivity index (χ3n) is 4.53. The lowest BCUT2D eigenvalue weighted by Gasteiger charge is -2.28. The Kier molecular flexibility index (Phi) is 7.19. The average molecular weight is 388 g/mol. The summed E-state index contributed by atoms with van der Waals surface area (Å²) in [5.41, 5.74) is 2.52. The Balaban J connectivity index is 1.59. The SMILES string of the molecule is CCNC(=NCc1ccc(N2CCOCC2)cc1)NCc1cc(F)ccc1F. The summed E-state index contributed by atoms with van der Waals surface area (Å²) < 4.78 is 32.5. The molecule has 0 aromatic heterocycles. The summed E-state index contributed by atoms with van der Waals surface area (Å²) in [6.45, 7) is 6.61. The first kappa shape index (κ1) is 20.1. The van der Waals surface area contributed by atoms with Gasteiger partial charge in [0.15, 0.2) is 5.96 Å². The highest BCUT2D eigenvalue weighted by Crippen LogP contribution is 2.17. The smallest absolute Gasteiger partial charge is 0.191 e. The van der Waals surface area contributed by atoms with Crippen LogP contribution in [0.25, 0.3) is 0 Å². The molecule has 7 heteroatoms. The van der Waals surface area contributed by atoms with Gasteiger partial charge < -0.3 is 20.3 Å². The van der Waals surface area contributed by atoms with Gasteiger partial charge in [0.05, 0.1) is 19.8 Å². The number of aliphatic imine (C=N–C) groups is 1. The van der Waals surface area contributed by atoms with E-state index in [1.165, 1.54) is 11.8 Å². The molecule has 3 rings (SSSR count). The molecule has 2 N–H and O–H groups in total. The average Bonchev–Trinajstić information content (AvgIpc) is 2.73. The Bertz CT molecular complexity index is 789. The number of guanidine groups is 1. The van der Waals surface area contributed by atoms with Crippen molar-refractivity contribution in [2.45, 2.75) is 20.0 Å². The second-order valence-corrected chi connectivity index (χ2v) is 6.55. The fraction of sp³-hybridized carbons (Fsp3) is 0.381. The summed E-state index contributed by atoms with van der Waals surface area (Å²) in [4.78, 5) is 6.84. The van der Waals surface area contributed by atoms with E-state index in [0.29, 0.717) is 19.0 Å². The number of morpholine rings is 1. The highest BCUT2D eigenvalue weighted by atomic mass is 19.1. The van der Waals surface area contributed by atoms with Crippen LogP contribution in [0.15, 0.2) is 47.5 Å². The zero-order valence-electron chi connectivity index (χ0n) is 16.0. The fourth-order valence-electron chi connectivity index (χ4n) is 3.00. The summed E-state index contributed by atoms with van der Waals surface area (Å²) in [5.74, 6) is -0.340. The van der Waals surface area contributed by atoms with Crippen molar-refractivity contribution >= 4 is 11.6 Å². The second-order valence-electron chi connectivity index (χ2n) is 6.55. The van der Waals surface area contributed by atoms with Crippen LogP contribution in [0.3, 0.4) is 0 Å². The normalized spacial score (nSPS) is 14.8. The molecule has 0 spiro atoms. The van der Waals surface area contributed by atoms with Crippen LogP contribution in [-0.4, -0.2) is 38.8 Å². The molecule has 0 unspecified atom stereocenters. The lowest BCUT2D eigenvalue weighted by atomic mass is 10.2. The van der Waals surface area contributed by atoms with Crippen molar-refractivity contribution in [1.82, 2.24) is 10.6 Å². The monoisotopic (exact) mass is 388 g/mol. The van der Waals surface area contributed by atoms with Crippen LogP contribution in [0, 0.1) is 11.6 Å². The minimum Gasteiger partial charge on any atom is -0.378 e. The number of halogens is 2. The molecular weight excluding hydrogens is 362 g/mol. The molecular formula is C21H26F2N4O. The summed E-state index contributed by atoms with van der Waals surface area (Å²) in [6.07, 6.45) is 0. The van der Waals surface area contributed by atoms with Crippen molar-refractivity contribution in [3.63, 3.8) is 0 Å². The lowest BCUT2D eigenvalue weighted by Crippen LogP contribution is -2.37. The highest BCUT2D eigenvalue weighted by Gasteiger charge is 2.10. The molecule has 0 atom stereocenters. The van der Waals surface area contributed by atoms with Gasteiger partial charge in [0.25, 0.3) is 0 Å². The van der Waals surface area contributed by atoms with Gasteiger partial charge in [-0.2, -0.15) is 0 Å². The summed E-state index contributed by atoms with van der Waals surface area (Å²) in [5, 5.41) is 6.17. The number of hydrogen-bond acceptors (Lipinski definition) is 3. The zero-order chi connectivity index (χ0) is 19.8. The van der Waals surface area contributed by atoms with Crippen molar-refractivity contribution in [3.8, 4) is 0 Å². The van der Waals surface area contributed by atoms with Gasteiger partial charge in [-0.05, 0) is 42.8 Å². The number of nitrogens with one attached hydrogen (secondary N) is 2. The first-order valence-electron chi connectivity index (χ1n) is 9.53. The third-order valence-corrected chi connectivity index (χ3v) is 4.53. The predicted molar refractivity (Wildman–Crippen MR) is 107 cm³/mol. The lowest BCUT2D eigenvalue weighted by molar-refractivity contribution is 0.122. The molecule has 0 saturated carbocycles. The van der Waals surface area contributed by atoms with Crippen molar-refractivity contribution in [3.05, 3.63) is 65.2 Å². The van der Waals surface area contributed by atoms with Crippen molar-refractivity contribution < 1.29 is 13.5 Å². The second kappa shape index (κ2) is 10.0. The van der Waals surface area contributed by atoms with Gasteiger partial charge in [-0.25, -0.2) is 13.8 Å². The molecule has 2 aromatic rings. The number of hydrogen-bond donors (Lipinski definition) is 2. The molecule has 1 aliphatic rings. The van der Waals surface area contributed by atoms with Crippen LogP contribution in [0.2, 0.25) is 0 Å². The first-order chi connectivity index (χ1) is 13.7. The molecule has 0 amide bonds. The molecule has 2 aromatic carbocycles. The van der Waals surface area contributed by atoms with E-state index in [4.69, 9.17) is 4.74 Å². The van der Waals surface area contributed by atoms with Gasteiger partial charge in [-0.15, -0.1) is 0 Å². The number of anilines is 1. The predicted octanol–water partition coefficient (Wildman–Crippen LogP) is 3.06. The van der Waals surface area contributed by atoms with Gasteiger partial charge in [0, 0.05) is 37.4 Å². The molecule has 28 heavy (non-hydrogen) atoms. The van der Waals surface area contributed by atoms with Gasteiger partial charge in [0.2, 0.25) is 0 Å². The Morgan fingerprint density at radius 2 is 1.82 bits per heavy atom. The third kappa shape index (κ3) is 5.66. The molecule has 0 radical (unpaired) electrons. The molecule has 5 nitrogen and oxygen atoms in total. The van der Waals surface area contributed by atoms with E-state index < -0.39 is 11.6 Å². The Morgan fingerprint density at radius 1 is 1.07 bits per heavy atom. The van der Waals surface area contributed by atoms with Crippen LogP contribution in [0.5, 0.6) is 0 Å². The minimum atomic E-state index is -0.458. The highest BCUT2D eigenvalue weighted by molar-refractivity contribution is 5.79. The first-order valence-corrected chi connectivity index (χ1v) is 9.53. The molecule has 1 saturated heterocycles.